The fourth-order valence-corrected chi connectivity index (χ4v) is 2.56. The summed E-state index contributed by atoms with van der Waals surface area (Å²) in [5.41, 5.74) is 0. The molecule has 0 amide bonds. The molecular formula is C12H16Cl2O3S. The molecule has 0 fully saturated rings. The maximum absolute atomic E-state index is 10.8. The molecule has 102 valence electrons. The van der Waals surface area contributed by atoms with Gasteiger partial charge >= 0.3 is 0 Å². The Balaban J connectivity index is 2.28. The fraction of sp³-hybridized carbons (Fsp3) is 0.500. The van der Waals surface area contributed by atoms with Crippen molar-refractivity contribution in [1.29, 1.82) is 0 Å². The second kappa shape index (κ2) is 7.22. The highest BCUT2D eigenvalue weighted by Crippen LogP contribution is 2.23. The van der Waals surface area contributed by atoms with Gasteiger partial charge in [-0.15, -0.1) is 0 Å². The van der Waals surface area contributed by atoms with Gasteiger partial charge < -0.3 is 4.74 Å². The first-order valence-corrected chi connectivity index (χ1v) is 8.54. The van der Waals surface area contributed by atoms with Crippen LogP contribution in [0, 0.1) is 5.92 Å². The largest absolute Gasteiger partial charge is 0.492 e. The van der Waals surface area contributed by atoms with Crippen LogP contribution in [0.1, 0.15) is 19.8 Å². The van der Waals surface area contributed by atoms with E-state index in [-0.39, 0.29) is 11.7 Å². The summed E-state index contributed by atoms with van der Waals surface area (Å²) >= 11 is 5.94. The Kier molecular flexibility index (Phi) is 6.26. The zero-order chi connectivity index (χ0) is 13.6. The third-order valence-electron chi connectivity index (χ3n) is 2.56. The van der Waals surface area contributed by atoms with Crippen molar-refractivity contribution in [1.82, 2.24) is 0 Å². The number of rotatable bonds is 7. The normalized spacial score (nSPS) is 13.3. The molecule has 0 saturated carbocycles. The summed E-state index contributed by atoms with van der Waals surface area (Å²) in [6.07, 6.45) is 1.30. The third-order valence-corrected chi connectivity index (χ3v) is 4.06. The molecule has 0 bridgehead atoms. The fourth-order valence-electron chi connectivity index (χ4n) is 1.42. The van der Waals surface area contributed by atoms with Gasteiger partial charge in [-0.3, -0.25) is 0 Å². The Morgan fingerprint density at radius 3 is 2.56 bits per heavy atom. The third kappa shape index (κ3) is 6.47. The van der Waals surface area contributed by atoms with Gasteiger partial charge in [0.25, 0.3) is 0 Å². The molecule has 0 spiro atoms. The summed E-state index contributed by atoms with van der Waals surface area (Å²) in [4.78, 5) is 0. The van der Waals surface area contributed by atoms with Gasteiger partial charge in [-0.25, -0.2) is 8.42 Å². The first-order chi connectivity index (χ1) is 8.38. The van der Waals surface area contributed by atoms with Crippen LogP contribution >= 0.6 is 22.3 Å². The molecule has 0 N–H and O–H groups in total. The van der Waals surface area contributed by atoms with Crippen LogP contribution in [0.2, 0.25) is 5.02 Å². The second-order valence-electron chi connectivity index (χ2n) is 4.20. The van der Waals surface area contributed by atoms with Crippen molar-refractivity contribution in [3.05, 3.63) is 29.3 Å². The molecule has 0 aliphatic carbocycles. The number of hydrogen-bond donors (Lipinski definition) is 0. The number of hydrogen-bond acceptors (Lipinski definition) is 3. The predicted molar refractivity (Wildman–Crippen MR) is 75.0 cm³/mol. The minimum Gasteiger partial charge on any atom is -0.492 e. The van der Waals surface area contributed by atoms with Gasteiger partial charge in [-0.1, -0.05) is 30.7 Å². The van der Waals surface area contributed by atoms with Crippen LogP contribution in [0.4, 0.5) is 0 Å². The van der Waals surface area contributed by atoms with E-state index in [2.05, 4.69) is 0 Å². The maximum Gasteiger partial charge on any atom is 0.232 e. The summed E-state index contributed by atoms with van der Waals surface area (Å²) in [5.74, 6) is 0.888. The molecule has 6 heteroatoms. The summed E-state index contributed by atoms with van der Waals surface area (Å²) in [6.45, 7) is 2.48. The molecule has 1 unspecified atom stereocenters. The molecule has 1 aromatic rings. The van der Waals surface area contributed by atoms with Crippen molar-refractivity contribution in [2.45, 2.75) is 19.8 Å². The highest BCUT2D eigenvalue weighted by molar-refractivity contribution is 8.13. The number of benzene rings is 1. The van der Waals surface area contributed by atoms with Crippen LogP contribution in [-0.4, -0.2) is 20.8 Å². The average Bonchev–Trinajstić information content (AvgIpc) is 2.28. The molecule has 0 heterocycles. The van der Waals surface area contributed by atoms with E-state index in [4.69, 9.17) is 27.0 Å². The van der Waals surface area contributed by atoms with Crippen molar-refractivity contribution >= 4 is 31.3 Å². The van der Waals surface area contributed by atoms with Crippen LogP contribution < -0.4 is 4.74 Å². The molecular weight excluding hydrogens is 295 g/mol. The van der Waals surface area contributed by atoms with Gasteiger partial charge in [-0.2, -0.15) is 0 Å². The van der Waals surface area contributed by atoms with Crippen molar-refractivity contribution < 1.29 is 13.2 Å². The van der Waals surface area contributed by atoms with Gasteiger partial charge in [0, 0.05) is 10.7 Å². The van der Waals surface area contributed by atoms with Crippen LogP contribution in [-0.2, 0) is 9.05 Å². The monoisotopic (exact) mass is 310 g/mol. The SMILES string of the molecule is CC(CCOc1ccccc1Cl)CCS(=O)(=O)Cl. The standard InChI is InChI=1S/C12H16Cl2O3S/c1-10(7-9-18(14,15)16)6-8-17-12-5-3-2-4-11(12)13/h2-5,10H,6-9H2,1H3. The molecule has 1 aromatic carbocycles. The van der Waals surface area contributed by atoms with E-state index < -0.39 is 9.05 Å². The Morgan fingerprint density at radius 2 is 1.94 bits per heavy atom. The first-order valence-electron chi connectivity index (χ1n) is 5.68. The van der Waals surface area contributed by atoms with E-state index in [1.807, 2.05) is 19.1 Å². The summed E-state index contributed by atoms with van der Waals surface area (Å²) < 4.78 is 27.1. The second-order valence-corrected chi connectivity index (χ2v) is 7.51. The smallest absolute Gasteiger partial charge is 0.232 e. The van der Waals surface area contributed by atoms with Gasteiger partial charge in [0.1, 0.15) is 5.75 Å². The van der Waals surface area contributed by atoms with E-state index in [1.54, 1.807) is 12.1 Å². The zero-order valence-corrected chi connectivity index (χ0v) is 12.4. The van der Waals surface area contributed by atoms with E-state index in [0.29, 0.717) is 23.8 Å². The Hall–Kier alpha value is -0.450. The van der Waals surface area contributed by atoms with Crippen LogP contribution in [0.15, 0.2) is 24.3 Å². The number of para-hydroxylation sites is 1. The number of ether oxygens (including phenoxy) is 1. The highest BCUT2D eigenvalue weighted by Gasteiger charge is 2.10. The Labute approximate surface area is 117 Å². The minimum absolute atomic E-state index is 0.00180. The van der Waals surface area contributed by atoms with Gasteiger partial charge in [0.2, 0.25) is 9.05 Å². The first kappa shape index (κ1) is 15.6. The van der Waals surface area contributed by atoms with Crippen LogP contribution in [0.5, 0.6) is 5.75 Å². The molecule has 1 rings (SSSR count). The lowest BCUT2D eigenvalue weighted by Gasteiger charge is -2.12. The lowest BCUT2D eigenvalue weighted by atomic mass is 10.1. The number of halogens is 2. The van der Waals surface area contributed by atoms with Crippen LogP contribution in [0.25, 0.3) is 0 Å². The van der Waals surface area contributed by atoms with Crippen molar-refractivity contribution in [2.24, 2.45) is 5.92 Å². The molecule has 0 radical (unpaired) electrons. The molecule has 3 nitrogen and oxygen atoms in total. The maximum atomic E-state index is 10.8. The summed E-state index contributed by atoms with van der Waals surface area (Å²) in [6, 6.07) is 7.25. The van der Waals surface area contributed by atoms with Gasteiger partial charge in [-0.05, 0) is 30.9 Å². The molecule has 1 atom stereocenters. The van der Waals surface area contributed by atoms with E-state index in [0.717, 1.165) is 6.42 Å². The van der Waals surface area contributed by atoms with Gasteiger partial charge in [0.05, 0.1) is 17.4 Å². The molecule has 0 aromatic heterocycles. The molecule has 0 aliphatic rings. The zero-order valence-electron chi connectivity index (χ0n) is 10.1. The van der Waals surface area contributed by atoms with E-state index >= 15 is 0 Å². The van der Waals surface area contributed by atoms with Gasteiger partial charge in [0.15, 0.2) is 0 Å². The van der Waals surface area contributed by atoms with E-state index in [9.17, 15) is 8.42 Å². The summed E-state index contributed by atoms with van der Waals surface area (Å²) in [5, 5.41) is 0.577. The van der Waals surface area contributed by atoms with Crippen molar-refractivity contribution in [3.8, 4) is 5.75 Å². The highest BCUT2D eigenvalue weighted by atomic mass is 35.7. The van der Waals surface area contributed by atoms with Crippen molar-refractivity contribution in [2.75, 3.05) is 12.4 Å². The summed E-state index contributed by atoms with van der Waals surface area (Å²) in [7, 11) is 1.76. The lowest BCUT2D eigenvalue weighted by molar-refractivity contribution is 0.282. The van der Waals surface area contributed by atoms with Crippen molar-refractivity contribution in [3.63, 3.8) is 0 Å². The quantitative estimate of drug-likeness (QED) is 0.721. The minimum atomic E-state index is -3.39. The molecule has 18 heavy (non-hydrogen) atoms. The predicted octanol–water partition coefficient (Wildman–Crippen LogP) is 3.70. The average molecular weight is 311 g/mol. The van der Waals surface area contributed by atoms with Crippen LogP contribution in [0.3, 0.4) is 0 Å². The Bertz CT molecular complexity index is 474. The topological polar surface area (TPSA) is 43.4 Å². The molecule has 0 saturated heterocycles. The lowest BCUT2D eigenvalue weighted by Crippen LogP contribution is -2.08. The molecule has 0 aliphatic heterocycles. The van der Waals surface area contributed by atoms with E-state index in [1.165, 1.54) is 0 Å². The Morgan fingerprint density at radius 1 is 1.28 bits per heavy atom.